The largest absolute Gasteiger partial charge is 0.297 e. The lowest BCUT2D eigenvalue weighted by molar-refractivity contribution is 0.169. The van der Waals surface area contributed by atoms with Crippen molar-refractivity contribution in [3.63, 3.8) is 0 Å². The van der Waals surface area contributed by atoms with E-state index in [-0.39, 0.29) is 0 Å². The Morgan fingerprint density at radius 3 is 2.60 bits per heavy atom. The maximum Gasteiger partial charge on any atom is 0.0602 e. The van der Waals surface area contributed by atoms with Crippen LogP contribution < -0.4 is 5.48 Å². The Kier molecular flexibility index (Phi) is 3.41. The van der Waals surface area contributed by atoms with Crippen molar-refractivity contribution in [1.82, 2.24) is 5.48 Å². The molecule has 0 spiro atoms. The molecule has 0 bridgehead atoms. The first-order valence-corrected chi connectivity index (χ1v) is 1.33. The summed E-state index contributed by atoms with van der Waals surface area (Å²) in [7, 11) is 0. The van der Waals surface area contributed by atoms with Gasteiger partial charge in [-0.1, -0.05) is 11.6 Å². The number of hydrogen-bond donors (Lipinski definition) is 1. The molecule has 0 aliphatic carbocycles. The quantitative estimate of drug-likeness (QED) is 0.366. The van der Waals surface area contributed by atoms with Gasteiger partial charge in [-0.05, 0) is 0 Å². The summed E-state index contributed by atoms with van der Waals surface area (Å²) in [5.41, 5.74) is 2.74. The van der Waals surface area contributed by atoms with Crippen molar-refractivity contribution in [3.8, 4) is 0 Å². The van der Waals surface area contributed by atoms with Crippen LogP contribution in [-0.4, -0.2) is 11.8 Å². The summed E-state index contributed by atoms with van der Waals surface area (Å²) in [6, 6.07) is 0. The van der Waals surface area contributed by atoms with Gasteiger partial charge in [0.15, 0.2) is 0 Å². The van der Waals surface area contributed by atoms with Gasteiger partial charge in [0.05, 0.1) is 6.54 Å². The Morgan fingerprint density at radius 1 is 2.00 bits per heavy atom. The Morgan fingerprint density at radius 2 is 2.60 bits per heavy atom. The molecule has 0 fully saturated rings. The van der Waals surface area contributed by atoms with Crippen LogP contribution in [0.15, 0.2) is 12.7 Å². The molecule has 1 N–H and O–H groups in total. The van der Waals surface area contributed by atoms with Crippen molar-refractivity contribution in [2.75, 3.05) is 6.54 Å². The monoisotopic (exact) mass is 72.0 g/mol. The smallest absolute Gasteiger partial charge is 0.0602 e. The van der Waals surface area contributed by atoms with E-state index < -0.39 is 0 Å². The van der Waals surface area contributed by atoms with Crippen LogP contribution in [0.1, 0.15) is 0 Å². The van der Waals surface area contributed by atoms with Crippen LogP contribution in [0.5, 0.6) is 0 Å². The number of rotatable bonds is 2. The summed E-state index contributed by atoms with van der Waals surface area (Å²) in [4.78, 5) is 0. The van der Waals surface area contributed by atoms with Gasteiger partial charge in [0.1, 0.15) is 0 Å². The van der Waals surface area contributed by atoms with Crippen LogP contribution >= 0.6 is 0 Å². The summed E-state index contributed by atoms with van der Waals surface area (Å²) in [6.07, 6.45) is 1.51. The third kappa shape index (κ3) is 3.66. The summed E-state index contributed by atoms with van der Waals surface area (Å²) in [6.45, 7) is 3.63. The molecule has 29 valence electrons. The van der Waals surface area contributed by atoms with Gasteiger partial charge in [-0.3, -0.25) is 5.21 Å². The molecule has 0 saturated carbocycles. The van der Waals surface area contributed by atoms with Crippen LogP contribution in [-0.2, 0) is 0 Å². The number of hydrogen-bond acceptors (Lipinski definition) is 1. The molecule has 0 saturated heterocycles. The zero-order valence-corrected chi connectivity index (χ0v) is 2.89. The Hall–Kier alpha value is -0.340. The van der Waals surface area contributed by atoms with E-state index in [1.807, 2.05) is 0 Å². The van der Waals surface area contributed by atoms with Crippen LogP contribution in [0.3, 0.4) is 0 Å². The molecule has 0 unspecified atom stereocenters. The Bertz CT molecular complexity index is 28.1. The Labute approximate surface area is 31.1 Å². The lowest BCUT2D eigenvalue weighted by Gasteiger charge is -1.74. The summed E-state index contributed by atoms with van der Waals surface area (Å²) < 4.78 is 0. The fourth-order valence-corrected chi connectivity index (χ4v) is 0.0577. The van der Waals surface area contributed by atoms with Crippen LogP contribution in [0.2, 0.25) is 0 Å². The van der Waals surface area contributed by atoms with Crippen molar-refractivity contribution in [1.29, 1.82) is 0 Å². The molecule has 0 rings (SSSR count). The first kappa shape index (κ1) is 4.66. The maximum absolute atomic E-state index is 7.62. The van der Waals surface area contributed by atoms with E-state index in [1.165, 1.54) is 6.08 Å². The average Bonchev–Trinajstić information content (AvgIpc) is 1.41. The summed E-state index contributed by atoms with van der Waals surface area (Å²) in [5, 5.41) is 7.62. The average molecular weight is 72.1 g/mol. The zero-order chi connectivity index (χ0) is 4.12. The van der Waals surface area contributed by atoms with Gasteiger partial charge >= 0.3 is 0 Å². The van der Waals surface area contributed by atoms with Crippen molar-refractivity contribution >= 4 is 0 Å². The van der Waals surface area contributed by atoms with Gasteiger partial charge in [0.25, 0.3) is 0 Å². The first-order valence-electron chi connectivity index (χ1n) is 1.33. The molecule has 0 aromatic heterocycles. The lowest BCUT2D eigenvalue weighted by Crippen LogP contribution is -1.93. The summed E-state index contributed by atoms with van der Waals surface area (Å²) in [5.74, 6) is 0. The van der Waals surface area contributed by atoms with Crippen molar-refractivity contribution in [2.24, 2.45) is 0 Å². The molecular weight excluding hydrogens is 66.0 g/mol. The fraction of sp³-hybridized carbons (Fsp3) is 0.333. The standard InChI is InChI=1S/C3H6NO/c1-2-3-4-5/h2,5H,1,3H2. The Balaban J connectivity index is 2.40. The lowest BCUT2D eigenvalue weighted by atomic mass is 10.7. The maximum atomic E-state index is 7.62. The fourth-order valence-electron chi connectivity index (χ4n) is 0.0577. The van der Waals surface area contributed by atoms with E-state index in [4.69, 9.17) is 5.21 Å². The highest BCUT2D eigenvalue weighted by molar-refractivity contribution is 4.65. The van der Waals surface area contributed by atoms with Crippen molar-refractivity contribution in [2.45, 2.75) is 0 Å². The molecule has 0 amide bonds. The highest BCUT2D eigenvalue weighted by Gasteiger charge is 1.62. The third-order valence-corrected chi connectivity index (χ3v) is 0.211. The molecule has 0 aliphatic rings. The predicted molar refractivity (Wildman–Crippen MR) is 19.0 cm³/mol. The SMILES string of the molecule is C=CC[N]O. The van der Waals surface area contributed by atoms with Crippen LogP contribution in [0.4, 0.5) is 0 Å². The molecule has 0 aliphatic heterocycles. The van der Waals surface area contributed by atoms with Gasteiger partial charge in [-0.2, -0.15) is 0 Å². The molecule has 2 nitrogen and oxygen atoms in total. The minimum atomic E-state index is 0.333. The second-order valence-electron chi connectivity index (χ2n) is 0.613. The van der Waals surface area contributed by atoms with E-state index in [1.54, 1.807) is 0 Å². The third-order valence-electron chi connectivity index (χ3n) is 0.211. The molecule has 2 heteroatoms. The van der Waals surface area contributed by atoms with E-state index in [0.29, 0.717) is 6.54 Å². The normalized spacial score (nSPS) is 7.40. The van der Waals surface area contributed by atoms with Gasteiger partial charge in [0.2, 0.25) is 0 Å². The molecule has 1 radical (unpaired) electrons. The van der Waals surface area contributed by atoms with Crippen LogP contribution in [0.25, 0.3) is 0 Å². The van der Waals surface area contributed by atoms with Crippen molar-refractivity contribution in [3.05, 3.63) is 12.7 Å². The van der Waals surface area contributed by atoms with E-state index >= 15 is 0 Å². The van der Waals surface area contributed by atoms with Gasteiger partial charge in [0, 0.05) is 0 Å². The zero-order valence-electron chi connectivity index (χ0n) is 2.89. The number of nitrogens with zero attached hydrogens (tertiary/aromatic N) is 1. The minimum absolute atomic E-state index is 0.333. The number of hydroxylamine groups is 1. The van der Waals surface area contributed by atoms with E-state index in [0.717, 1.165) is 0 Å². The molecule has 0 heterocycles. The molecular formula is C3H6NO. The molecule has 0 aromatic carbocycles. The summed E-state index contributed by atoms with van der Waals surface area (Å²) >= 11 is 0. The van der Waals surface area contributed by atoms with E-state index in [9.17, 15) is 0 Å². The van der Waals surface area contributed by atoms with Crippen LogP contribution in [0, 0.1) is 0 Å². The molecule has 0 atom stereocenters. The minimum Gasteiger partial charge on any atom is -0.297 e. The highest BCUT2D eigenvalue weighted by atomic mass is 16.5. The predicted octanol–water partition coefficient (Wildman–Crippen LogP) is 0.166. The second-order valence-corrected chi connectivity index (χ2v) is 0.613. The molecule has 0 aromatic rings. The van der Waals surface area contributed by atoms with Gasteiger partial charge in [-0.25, -0.2) is 0 Å². The van der Waals surface area contributed by atoms with Crippen molar-refractivity contribution < 1.29 is 5.21 Å². The second kappa shape index (κ2) is 3.66. The van der Waals surface area contributed by atoms with E-state index in [2.05, 4.69) is 12.1 Å². The molecule has 5 heavy (non-hydrogen) atoms. The topological polar surface area (TPSA) is 34.3 Å². The highest BCUT2D eigenvalue weighted by Crippen LogP contribution is 1.51. The van der Waals surface area contributed by atoms with Gasteiger partial charge < -0.3 is 0 Å². The first-order chi connectivity index (χ1) is 2.41. The van der Waals surface area contributed by atoms with Gasteiger partial charge in [-0.15, -0.1) is 6.58 Å².